The summed E-state index contributed by atoms with van der Waals surface area (Å²) in [5.74, 6) is -0.0494. The first-order valence-electron chi connectivity index (χ1n) is 6.84. The van der Waals surface area contributed by atoms with Gasteiger partial charge >= 0.3 is 6.09 Å². The Kier molecular flexibility index (Phi) is 4.60. The molecule has 1 fully saturated rings. The van der Waals surface area contributed by atoms with Crippen LogP contribution in [-0.4, -0.2) is 52.8 Å². The molecule has 0 spiro atoms. The highest BCUT2D eigenvalue weighted by molar-refractivity contribution is 5.95. The van der Waals surface area contributed by atoms with E-state index in [1.54, 1.807) is 18.0 Å². The number of H-pyrrole nitrogens is 1. The number of aryl methyl sites for hydroxylation is 1. The molecule has 1 aliphatic rings. The molecule has 1 aromatic rings. The highest BCUT2D eigenvalue weighted by Gasteiger charge is 2.27. The van der Waals surface area contributed by atoms with Gasteiger partial charge in [0.25, 0.3) is 5.91 Å². The van der Waals surface area contributed by atoms with Crippen molar-refractivity contribution in [1.82, 2.24) is 20.4 Å². The monoisotopic (exact) mass is 280 g/mol. The number of alkyl carbamates (subject to hydrolysis) is 1. The van der Waals surface area contributed by atoms with Crippen LogP contribution in [0.25, 0.3) is 0 Å². The Labute approximate surface area is 117 Å². The molecule has 0 saturated carbocycles. The van der Waals surface area contributed by atoms with E-state index in [0.717, 1.165) is 18.5 Å². The second-order valence-electron chi connectivity index (χ2n) is 4.86. The average molecular weight is 280 g/mol. The number of ether oxygens (including phenoxy) is 1. The van der Waals surface area contributed by atoms with Gasteiger partial charge in [-0.15, -0.1) is 0 Å². The third-order valence-electron chi connectivity index (χ3n) is 3.37. The number of aromatic nitrogens is 2. The third-order valence-corrected chi connectivity index (χ3v) is 3.37. The summed E-state index contributed by atoms with van der Waals surface area (Å²) in [5, 5.41) is 9.41. The van der Waals surface area contributed by atoms with E-state index in [1.807, 2.05) is 6.92 Å². The van der Waals surface area contributed by atoms with Crippen molar-refractivity contribution >= 4 is 12.0 Å². The van der Waals surface area contributed by atoms with Crippen molar-refractivity contribution in [2.75, 3.05) is 19.7 Å². The zero-order chi connectivity index (χ0) is 14.5. The lowest BCUT2D eigenvalue weighted by molar-refractivity contribution is 0.0685. The fraction of sp³-hybridized carbons (Fsp3) is 0.615. The van der Waals surface area contributed by atoms with Crippen LogP contribution in [0.15, 0.2) is 6.20 Å². The molecule has 110 valence electrons. The van der Waals surface area contributed by atoms with Crippen LogP contribution < -0.4 is 5.32 Å². The van der Waals surface area contributed by atoms with Crippen molar-refractivity contribution in [3.05, 3.63) is 17.5 Å². The lowest BCUT2D eigenvalue weighted by Crippen LogP contribution is -2.49. The first kappa shape index (κ1) is 14.4. The van der Waals surface area contributed by atoms with Crippen molar-refractivity contribution in [3.8, 4) is 0 Å². The maximum atomic E-state index is 12.4. The zero-order valence-corrected chi connectivity index (χ0v) is 11.8. The predicted molar refractivity (Wildman–Crippen MR) is 72.4 cm³/mol. The predicted octanol–water partition coefficient (Wildman–Crippen LogP) is 1.07. The molecule has 0 radical (unpaired) electrons. The van der Waals surface area contributed by atoms with Gasteiger partial charge in [-0.2, -0.15) is 5.10 Å². The van der Waals surface area contributed by atoms with Crippen LogP contribution in [0, 0.1) is 6.92 Å². The summed E-state index contributed by atoms with van der Waals surface area (Å²) in [7, 11) is 0. The molecule has 1 unspecified atom stereocenters. The Bertz CT molecular complexity index is 486. The molecule has 0 aromatic carbocycles. The van der Waals surface area contributed by atoms with Crippen molar-refractivity contribution < 1.29 is 14.3 Å². The van der Waals surface area contributed by atoms with Gasteiger partial charge in [-0.25, -0.2) is 4.79 Å². The number of likely N-dealkylation sites (tertiary alicyclic amines) is 1. The van der Waals surface area contributed by atoms with Gasteiger partial charge in [-0.05, 0) is 26.7 Å². The number of amides is 2. The summed E-state index contributed by atoms with van der Waals surface area (Å²) in [6, 6.07) is -0.0565. The zero-order valence-electron chi connectivity index (χ0n) is 11.8. The Morgan fingerprint density at radius 1 is 1.60 bits per heavy atom. The van der Waals surface area contributed by atoms with Gasteiger partial charge in [0.1, 0.15) is 0 Å². The van der Waals surface area contributed by atoms with Gasteiger partial charge in [0, 0.05) is 24.8 Å². The average Bonchev–Trinajstić information content (AvgIpc) is 2.84. The number of hydrogen-bond donors (Lipinski definition) is 2. The second kappa shape index (κ2) is 6.40. The first-order chi connectivity index (χ1) is 9.61. The highest BCUT2D eigenvalue weighted by atomic mass is 16.5. The molecule has 2 N–H and O–H groups in total. The minimum atomic E-state index is -0.425. The Hall–Kier alpha value is -2.05. The quantitative estimate of drug-likeness (QED) is 0.867. The van der Waals surface area contributed by atoms with Crippen molar-refractivity contribution in [3.63, 3.8) is 0 Å². The largest absolute Gasteiger partial charge is 0.450 e. The van der Waals surface area contributed by atoms with Gasteiger partial charge in [-0.1, -0.05) is 0 Å². The Morgan fingerprint density at radius 3 is 3.05 bits per heavy atom. The second-order valence-corrected chi connectivity index (χ2v) is 4.86. The molecule has 2 rings (SSSR count). The summed E-state index contributed by atoms with van der Waals surface area (Å²) in [6.07, 6.45) is 2.83. The third kappa shape index (κ3) is 3.28. The standard InChI is InChI=1S/C13H20N4O3/c1-3-20-13(19)15-10-5-4-6-17(8-10)12(18)11-7-14-16-9(11)2/h7,10H,3-6,8H2,1-2H3,(H,14,16)(H,15,19). The molecule has 0 bridgehead atoms. The number of rotatable bonds is 3. The minimum Gasteiger partial charge on any atom is -0.450 e. The van der Waals surface area contributed by atoms with Crippen LogP contribution in [0.4, 0.5) is 4.79 Å². The molecule has 1 saturated heterocycles. The molecule has 2 amide bonds. The van der Waals surface area contributed by atoms with Crippen molar-refractivity contribution in [2.24, 2.45) is 0 Å². The number of nitrogens with zero attached hydrogens (tertiary/aromatic N) is 2. The summed E-state index contributed by atoms with van der Waals surface area (Å²) in [6.45, 7) is 5.12. The number of nitrogens with one attached hydrogen (secondary N) is 2. The molecule has 2 heterocycles. The molecule has 20 heavy (non-hydrogen) atoms. The van der Waals surface area contributed by atoms with Crippen LogP contribution in [0.1, 0.15) is 35.8 Å². The summed E-state index contributed by atoms with van der Waals surface area (Å²) < 4.78 is 4.86. The smallest absolute Gasteiger partial charge is 0.407 e. The molecular weight excluding hydrogens is 260 g/mol. The van der Waals surface area contributed by atoms with E-state index < -0.39 is 6.09 Å². The topological polar surface area (TPSA) is 87.3 Å². The lowest BCUT2D eigenvalue weighted by Gasteiger charge is -2.32. The van der Waals surface area contributed by atoms with Gasteiger partial charge in [0.2, 0.25) is 0 Å². The molecule has 0 aliphatic carbocycles. The van der Waals surface area contributed by atoms with Crippen LogP contribution in [0.2, 0.25) is 0 Å². The highest BCUT2D eigenvalue weighted by Crippen LogP contribution is 2.15. The van der Waals surface area contributed by atoms with Gasteiger partial charge in [0.15, 0.2) is 0 Å². The van der Waals surface area contributed by atoms with Gasteiger partial charge in [-0.3, -0.25) is 9.89 Å². The maximum Gasteiger partial charge on any atom is 0.407 e. The summed E-state index contributed by atoms with van der Waals surface area (Å²) >= 11 is 0. The van der Waals surface area contributed by atoms with Crippen LogP contribution in [0.5, 0.6) is 0 Å². The van der Waals surface area contributed by atoms with E-state index in [1.165, 1.54) is 0 Å². The normalized spacial score (nSPS) is 18.7. The van der Waals surface area contributed by atoms with E-state index in [2.05, 4.69) is 15.5 Å². The van der Waals surface area contributed by atoms with E-state index in [0.29, 0.717) is 25.3 Å². The molecule has 7 heteroatoms. The van der Waals surface area contributed by atoms with Crippen LogP contribution in [0.3, 0.4) is 0 Å². The number of carbonyl (C=O) groups excluding carboxylic acids is 2. The minimum absolute atomic E-state index is 0.0494. The van der Waals surface area contributed by atoms with E-state index in [4.69, 9.17) is 4.74 Å². The van der Waals surface area contributed by atoms with Gasteiger partial charge in [0.05, 0.1) is 18.4 Å². The summed E-state index contributed by atoms with van der Waals surface area (Å²) in [5.41, 5.74) is 1.34. The number of piperidine rings is 1. The summed E-state index contributed by atoms with van der Waals surface area (Å²) in [4.78, 5) is 25.5. The van der Waals surface area contributed by atoms with Crippen molar-refractivity contribution in [1.29, 1.82) is 0 Å². The first-order valence-corrected chi connectivity index (χ1v) is 6.84. The molecule has 7 nitrogen and oxygen atoms in total. The number of carbonyl (C=O) groups is 2. The van der Waals surface area contributed by atoms with E-state index >= 15 is 0 Å². The van der Waals surface area contributed by atoms with Crippen molar-refractivity contribution in [2.45, 2.75) is 32.7 Å². The van der Waals surface area contributed by atoms with Crippen LogP contribution in [-0.2, 0) is 4.74 Å². The fourth-order valence-corrected chi connectivity index (χ4v) is 2.36. The maximum absolute atomic E-state index is 12.4. The Morgan fingerprint density at radius 2 is 2.40 bits per heavy atom. The molecular formula is C13H20N4O3. The lowest BCUT2D eigenvalue weighted by atomic mass is 10.0. The molecule has 1 aromatic heterocycles. The Balaban J connectivity index is 1.95. The number of hydrogen-bond acceptors (Lipinski definition) is 4. The SMILES string of the molecule is CCOC(=O)NC1CCCN(C(=O)c2cn[nH]c2C)C1. The van der Waals surface area contributed by atoms with E-state index in [9.17, 15) is 9.59 Å². The number of aromatic amines is 1. The molecule has 1 aliphatic heterocycles. The molecule has 1 atom stereocenters. The van der Waals surface area contributed by atoms with Gasteiger partial charge < -0.3 is 15.0 Å². The van der Waals surface area contributed by atoms with E-state index in [-0.39, 0.29) is 11.9 Å². The van der Waals surface area contributed by atoms with Crippen LogP contribution >= 0.6 is 0 Å². The fourth-order valence-electron chi connectivity index (χ4n) is 2.36.